The highest BCUT2D eigenvalue weighted by Crippen LogP contribution is 2.18. The molecule has 3 rings (SSSR count). The van der Waals surface area contributed by atoms with Gasteiger partial charge in [-0.05, 0) is 25.5 Å². The molecule has 0 radical (unpaired) electrons. The summed E-state index contributed by atoms with van der Waals surface area (Å²) < 4.78 is 26.9. The summed E-state index contributed by atoms with van der Waals surface area (Å²) in [5, 5.41) is 2.78. The van der Waals surface area contributed by atoms with E-state index in [-0.39, 0.29) is 11.6 Å². The van der Waals surface area contributed by atoms with Crippen molar-refractivity contribution in [3.63, 3.8) is 0 Å². The van der Waals surface area contributed by atoms with Crippen LogP contribution < -0.4 is 10.2 Å². The van der Waals surface area contributed by atoms with Crippen LogP contribution in [-0.4, -0.2) is 47.1 Å². The van der Waals surface area contributed by atoms with Crippen molar-refractivity contribution < 1.29 is 13.6 Å². The van der Waals surface area contributed by atoms with Gasteiger partial charge >= 0.3 is 6.03 Å². The van der Waals surface area contributed by atoms with E-state index in [4.69, 9.17) is 0 Å². The minimum atomic E-state index is -0.666. The molecule has 0 aliphatic carbocycles. The minimum Gasteiger partial charge on any atom is -0.339 e. The van der Waals surface area contributed by atoms with E-state index in [1.165, 1.54) is 12.1 Å². The number of nitrogens with one attached hydrogen (secondary N) is 1. The fourth-order valence-corrected chi connectivity index (χ4v) is 2.98. The maximum atomic E-state index is 13.9. The molecule has 1 atom stereocenters. The van der Waals surface area contributed by atoms with E-state index >= 15 is 0 Å². The van der Waals surface area contributed by atoms with E-state index in [2.05, 4.69) is 15.3 Å². The van der Waals surface area contributed by atoms with Crippen molar-refractivity contribution in [2.75, 3.05) is 31.1 Å². The van der Waals surface area contributed by atoms with Crippen molar-refractivity contribution >= 4 is 12.0 Å². The van der Waals surface area contributed by atoms with Gasteiger partial charge in [0.2, 0.25) is 5.95 Å². The molecule has 0 spiro atoms. The number of rotatable bonds is 3. The highest BCUT2D eigenvalue weighted by Gasteiger charge is 2.22. The highest BCUT2D eigenvalue weighted by atomic mass is 19.1. The van der Waals surface area contributed by atoms with Crippen LogP contribution >= 0.6 is 0 Å². The average molecular weight is 361 g/mol. The summed E-state index contributed by atoms with van der Waals surface area (Å²) in [6, 6.07) is 4.30. The molecule has 1 aliphatic rings. The number of nitrogens with zero attached hydrogens (tertiary/aromatic N) is 4. The monoisotopic (exact) mass is 361 g/mol. The van der Waals surface area contributed by atoms with Crippen molar-refractivity contribution in [2.24, 2.45) is 0 Å². The van der Waals surface area contributed by atoms with Crippen molar-refractivity contribution in [2.45, 2.75) is 19.4 Å². The normalized spacial score (nSPS) is 16.1. The molecule has 1 aliphatic heterocycles. The second kappa shape index (κ2) is 8.07. The lowest BCUT2D eigenvalue weighted by molar-refractivity contribution is 0.198. The number of carbonyl (C=O) groups excluding carboxylic acids is 1. The third-order valence-corrected chi connectivity index (χ3v) is 4.39. The Bertz CT molecular complexity index is 759. The van der Waals surface area contributed by atoms with E-state index in [1.54, 1.807) is 30.3 Å². The lowest BCUT2D eigenvalue weighted by Crippen LogP contribution is -2.43. The maximum absolute atomic E-state index is 13.9. The smallest absolute Gasteiger partial charge is 0.317 e. The third kappa shape index (κ3) is 4.25. The number of aromatic nitrogens is 2. The Balaban J connectivity index is 1.59. The van der Waals surface area contributed by atoms with Gasteiger partial charge in [0.1, 0.15) is 11.6 Å². The Labute approximate surface area is 150 Å². The zero-order valence-electron chi connectivity index (χ0n) is 14.5. The Hall–Kier alpha value is -2.77. The Morgan fingerprint density at radius 2 is 1.92 bits per heavy atom. The summed E-state index contributed by atoms with van der Waals surface area (Å²) in [6.45, 7) is 4.17. The first kappa shape index (κ1) is 18.0. The van der Waals surface area contributed by atoms with Gasteiger partial charge in [0.05, 0.1) is 6.04 Å². The van der Waals surface area contributed by atoms with Crippen LogP contribution in [0.3, 0.4) is 0 Å². The molecule has 1 fully saturated rings. The molecule has 1 aromatic carbocycles. The van der Waals surface area contributed by atoms with Gasteiger partial charge in [-0.1, -0.05) is 6.07 Å². The first-order chi connectivity index (χ1) is 12.5. The summed E-state index contributed by atoms with van der Waals surface area (Å²) >= 11 is 0. The molecule has 8 heteroatoms. The standard InChI is InChI=1S/C18H21F2N5O/c1-13(15-5-4-14(19)12-16(15)20)23-18(26)25-9-3-8-24(10-11-25)17-21-6-2-7-22-17/h2,4-7,12-13H,3,8-11H2,1H3,(H,23,26)/t13-/m1/s1. The number of carbonyl (C=O) groups is 1. The Morgan fingerprint density at radius 3 is 2.65 bits per heavy atom. The minimum absolute atomic E-state index is 0.258. The topological polar surface area (TPSA) is 61.4 Å². The molecule has 6 nitrogen and oxygen atoms in total. The van der Waals surface area contributed by atoms with Crippen LogP contribution in [-0.2, 0) is 0 Å². The van der Waals surface area contributed by atoms with Gasteiger partial charge in [-0.15, -0.1) is 0 Å². The Kier molecular flexibility index (Phi) is 5.60. The SMILES string of the molecule is C[C@@H](NC(=O)N1CCCN(c2ncccn2)CC1)c1ccc(F)cc1F. The first-order valence-electron chi connectivity index (χ1n) is 8.57. The van der Waals surface area contributed by atoms with Gasteiger partial charge in [-0.25, -0.2) is 23.5 Å². The molecule has 0 unspecified atom stereocenters. The highest BCUT2D eigenvalue weighted by molar-refractivity contribution is 5.74. The second-order valence-corrected chi connectivity index (χ2v) is 6.21. The van der Waals surface area contributed by atoms with Crippen molar-refractivity contribution in [1.29, 1.82) is 0 Å². The molecule has 2 aromatic rings. The number of benzene rings is 1. The van der Waals surface area contributed by atoms with Crippen molar-refractivity contribution in [3.05, 3.63) is 53.9 Å². The molecule has 138 valence electrons. The number of amides is 2. The average Bonchev–Trinajstić information content (AvgIpc) is 2.88. The Morgan fingerprint density at radius 1 is 1.15 bits per heavy atom. The number of hydrogen-bond acceptors (Lipinski definition) is 4. The quantitative estimate of drug-likeness (QED) is 0.913. The van der Waals surface area contributed by atoms with E-state index in [0.29, 0.717) is 25.6 Å². The maximum Gasteiger partial charge on any atom is 0.317 e. The zero-order chi connectivity index (χ0) is 18.5. The van der Waals surface area contributed by atoms with Gasteiger partial charge in [0, 0.05) is 50.2 Å². The van der Waals surface area contributed by atoms with Gasteiger partial charge in [0.15, 0.2) is 0 Å². The summed E-state index contributed by atoms with van der Waals surface area (Å²) in [4.78, 5) is 24.7. The molecular formula is C18H21F2N5O. The molecule has 0 saturated carbocycles. The number of hydrogen-bond donors (Lipinski definition) is 1. The summed E-state index contributed by atoms with van der Waals surface area (Å²) in [5.74, 6) is -0.655. The van der Waals surface area contributed by atoms with Crippen molar-refractivity contribution in [3.8, 4) is 0 Å². The fraction of sp³-hybridized carbons (Fsp3) is 0.389. The lowest BCUT2D eigenvalue weighted by atomic mass is 10.1. The van der Waals surface area contributed by atoms with Crippen LogP contribution in [0.25, 0.3) is 0 Å². The van der Waals surface area contributed by atoms with Crippen molar-refractivity contribution in [1.82, 2.24) is 20.2 Å². The first-order valence-corrected chi connectivity index (χ1v) is 8.57. The number of halogens is 2. The number of urea groups is 1. The van der Waals surface area contributed by atoms with Crippen LogP contribution in [0, 0.1) is 11.6 Å². The summed E-state index contributed by atoms with van der Waals surface area (Å²) in [7, 11) is 0. The van der Waals surface area contributed by atoms with Crippen LogP contribution in [0.15, 0.2) is 36.7 Å². The molecule has 1 saturated heterocycles. The van der Waals surface area contributed by atoms with Gasteiger partial charge in [0.25, 0.3) is 0 Å². The summed E-state index contributed by atoms with van der Waals surface area (Å²) in [5.41, 5.74) is 0.258. The predicted molar refractivity (Wildman–Crippen MR) is 93.7 cm³/mol. The molecule has 0 bridgehead atoms. The summed E-state index contributed by atoms with van der Waals surface area (Å²) in [6.07, 6.45) is 4.16. The van der Waals surface area contributed by atoms with E-state index in [1.807, 2.05) is 4.90 Å². The third-order valence-electron chi connectivity index (χ3n) is 4.39. The van der Waals surface area contributed by atoms with Crippen LogP contribution in [0.1, 0.15) is 24.9 Å². The zero-order valence-corrected chi connectivity index (χ0v) is 14.5. The molecule has 26 heavy (non-hydrogen) atoms. The van der Waals surface area contributed by atoms with Gasteiger partial charge in [-0.2, -0.15) is 0 Å². The van der Waals surface area contributed by atoms with E-state index in [9.17, 15) is 13.6 Å². The second-order valence-electron chi connectivity index (χ2n) is 6.21. The molecule has 1 aromatic heterocycles. The fourth-order valence-electron chi connectivity index (χ4n) is 2.98. The molecular weight excluding hydrogens is 340 g/mol. The van der Waals surface area contributed by atoms with Gasteiger partial charge in [-0.3, -0.25) is 0 Å². The lowest BCUT2D eigenvalue weighted by Gasteiger charge is -2.24. The number of anilines is 1. The molecule has 2 heterocycles. The van der Waals surface area contributed by atoms with Crippen LogP contribution in [0.2, 0.25) is 0 Å². The van der Waals surface area contributed by atoms with E-state index in [0.717, 1.165) is 19.0 Å². The molecule has 2 amide bonds. The molecule has 1 N–H and O–H groups in total. The predicted octanol–water partition coefficient (Wildman–Crippen LogP) is 2.74. The van der Waals surface area contributed by atoms with Crippen LogP contribution in [0.5, 0.6) is 0 Å². The van der Waals surface area contributed by atoms with E-state index < -0.39 is 17.7 Å². The largest absolute Gasteiger partial charge is 0.339 e. The van der Waals surface area contributed by atoms with Crippen LogP contribution in [0.4, 0.5) is 19.5 Å². The van der Waals surface area contributed by atoms with Gasteiger partial charge < -0.3 is 15.1 Å².